The van der Waals surface area contributed by atoms with E-state index >= 15 is 0 Å². The highest BCUT2D eigenvalue weighted by atomic mass is 35.5. The number of hydrazine groups is 1. The smallest absolute Gasteiger partial charge is 0.161 e. The van der Waals surface area contributed by atoms with Crippen LogP contribution >= 0.6 is 11.6 Å². The fourth-order valence-corrected chi connectivity index (χ4v) is 2.75. The van der Waals surface area contributed by atoms with Gasteiger partial charge in [0.15, 0.2) is 11.5 Å². The molecule has 0 saturated heterocycles. The quantitative estimate of drug-likeness (QED) is 0.523. The molecule has 0 aliphatic heterocycles. The first kappa shape index (κ1) is 19.0. The number of para-hydroxylation sites is 1. The molecule has 4 nitrogen and oxygen atoms in total. The van der Waals surface area contributed by atoms with E-state index in [1.807, 2.05) is 42.5 Å². The van der Waals surface area contributed by atoms with Crippen molar-refractivity contribution in [1.29, 1.82) is 0 Å². The van der Waals surface area contributed by atoms with E-state index in [1.54, 1.807) is 25.3 Å². The van der Waals surface area contributed by atoms with E-state index in [-0.39, 0.29) is 6.61 Å². The fourth-order valence-electron chi connectivity index (χ4n) is 2.53. The lowest BCUT2D eigenvalue weighted by atomic mass is 10.2. The molecule has 3 aromatic rings. The Morgan fingerprint density at radius 1 is 0.963 bits per heavy atom. The summed E-state index contributed by atoms with van der Waals surface area (Å²) < 4.78 is 25.0. The molecular weight excluding hydrogens is 367 g/mol. The van der Waals surface area contributed by atoms with Gasteiger partial charge in [-0.15, -0.1) is 0 Å². The summed E-state index contributed by atoms with van der Waals surface area (Å²) in [6.45, 7) is 0.611. The first-order chi connectivity index (χ1) is 13.2. The Balaban J connectivity index is 1.62. The molecule has 0 bridgehead atoms. The summed E-state index contributed by atoms with van der Waals surface area (Å²) in [5.41, 5.74) is 8.58. The van der Waals surface area contributed by atoms with Crippen LogP contribution in [0.4, 0.5) is 10.1 Å². The van der Waals surface area contributed by atoms with Gasteiger partial charge < -0.3 is 14.9 Å². The summed E-state index contributed by atoms with van der Waals surface area (Å²) in [6.07, 6.45) is 0. The minimum Gasteiger partial charge on any atom is -0.493 e. The fraction of sp³-hybridized carbons (Fsp3) is 0.143. The van der Waals surface area contributed by atoms with E-state index in [2.05, 4.69) is 10.9 Å². The summed E-state index contributed by atoms with van der Waals surface area (Å²) in [6, 6.07) is 20.0. The van der Waals surface area contributed by atoms with Crippen LogP contribution < -0.4 is 20.3 Å². The van der Waals surface area contributed by atoms with Crippen molar-refractivity contribution in [3.63, 3.8) is 0 Å². The number of hydrogen-bond donors (Lipinski definition) is 2. The molecule has 6 heteroatoms. The summed E-state index contributed by atoms with van der Waals surface area (Å²) >= 11 is 6.04. The molecule has 0 atom stereocenters. The molecule has 0 fully saturated rings. The van der Waals surface area contributed by atoms with Crippen LogP contribution in [0.5, 0.6) is 11.5 Å². The zero-order chi connectivity index (χ0) is 19.1. The van der Waals surface area contributed by atoms with Gasteiger partial charge in [0, 0.05) is 17.8 Å². The Bertz CT molecular complexity index is 870. The third-order valence-corrected chi connectivity index (χ3v) is 4.31. The van der Waals surface area contributed by atoms with Gasteiger partial charge in [0.1, 0.15) is 12.4 Å². The Morgan fingerprint density at radius 2 is 1.78 bits per heavy atom. The highest BCUT2D eigenvalue weighted by Gasteiger charge is 2.11. The molecular formula is C21H20ClFN2O2. The monoisotopic (exact) mass is 386 g/mol. The number of rotatable bonds is 8. The normalized spacial score (nSPS) is 10.5. The van der Waals surface area contributed by atoms with Crippen molar-refractivity contribution in [3.05, 3.63) is 88.7 Å². The number of benzene rings is 3. The topological polar surface area (TPSA) is 42.5 Å². The van der Waals surface area contributed by atoms with Gasteiger partial charge in [0.2, 0.25) is 0 Å². The van der Waals surface area contributed by atoms with Crippen molar-refractivity contribution >= 4 is 17.3 Å². The Morgan fingerprint density at radius 3 is 2.52 bits per heavy atom. The Kier molecular flexibility index (Phi) is 6.52. The lowest BCUT2D eigenvalue weighted by molar-refractivity contribution is 0.279. The standard InChI is InChI=1S/C21H20ClFN2O2/c1-26-21-12-15(13-24-25-16-6-3-2-4-7-16)10-11-20(21)27-14-17-18(22)8-5-9-19(17)23/h2-12,24-25H,13-14H2,1H3. The molecule has 0 radical (unpaired) electrons. The first-order valence-corrected chi connectivity index (χ1v) is 8.81. The number of ether oxygens (including phenoxy) is 2. The van der Waals surface area contributed by atoms with Crippen molar-refractivity contribution in [2.24, 2.45) is 0 Å². The second kappa shape index (κ2) is 9.26. The lowest BCUT2D eigenvalue weighted by Crippen LogP contribution is -2.20. The average molecular weight is 387 g/mol. The highest BCUT2D eigenvalue weighted by molar-refractivity contribution is 6.31. The molecule has 0 saturated carbocycles. The molecule has 0 aromatic heterocycles. The van der Waals surface area contributed by atoms with E-state index in [1.165, 1.54) is 6.07 Å². The van der Waals surface area contributed by atoms with Crippen LogP contribution in [0.2, 0.25) is 5.02 Å². The third-order valence-electron chi connectivity index (χ3n) is 3.96. The zero-order valence-corrected chi connectivity index (χ0v) is 15.6. The van der Waals surface area contributed by atoms with Crippen LogP contribution in [0.1, 0.15) is 11.1 Å². The number of nitrogens with one attached hydrogen (secondary N) is 2. The number of methoxy groups -OCH3 is 1. The van der Waals surface area contributed by atoms with Crippen LogP contribution in [-0.4, -0.2) is 7.11 Å². The number of anilines is 1. The SMILES string of the molecule is COc1cc(CNNc2ccccc2)ccc1OCc1c(F)cccc1Cl. The van der Waals surface area contributed by atoms with Crippen LogP contribution in [0.3, 0.4) is 0 Å². The van der Waals surface area contributed by atoms with Gasteiger partial charge in [0.05, 0.1) is 12.1 Å². The summed E-state index contributed by atoms with van der Waals surface area (Å²) in [4.78, 5) is 0. The van der Waals surface area contributed by atoms with Crippen molar-refractivity contribution in [1.82, 2.24) is 5.43 Å². The molecule has 2 N–H and O–H groups in total. The van der Waals surface area contributed by atoms with E-state index in [0.29, 0.717) is 28.6 Å². The van der Waals surface area contributed by atoms with E-state index in [0.717, 1.165) is 11.3 Å². The largest absolute Gasteiger partial charge is 0.493 e. The van der Waals surface area contributed by atoms with Gasteiger partial charge >= 0.3 is 0 Å². The number of hydrogen-bond acceptors (Lipinski definition) is 4. The maximum Gasteiger partial charge on any atom is 0.161 e. The molecule has 0 aliphatic carbocycles. The second-order valence-corrected chi connectivity index (χ2v) is 6.23. The third kappa shape index (κ3) is 5.12. The molecule has 0 aliphatic rings. The van der Waals surface area contributed by atoms with Crippen LogP contribution in [0.25, 0.3) is 0 Å². The van der Waals surface area contributed by atoms with Gasteiger partial charge in [-0.25, -0.2) is 9.82 Å². The summed E-state index contributed by atoms with van der Waals surface area (Å²) in [7, 11) is 1.57. The van der Waals surface area contributed by atoms with Crippen molar-refractivity contribution in [3.8, 4) is 11.5 Å². The maximum atomic E-state index is 13.9. The van der Waals surface area contributed by atoms with Crippen molar-refractivity contribution in [2.75, 3.05) is 12.5 Å². The summed E-state index contributed by atoms with van der Waals surface area (Å²) in [5.74, 6) is 0.701. The second-order valence-electron chi connectivity index (χ2n) is 5.82. The summed E-state index contributed by atoms with van der Waals surface area (Å²) in [5, 5.41) is 0.335. The molecule has 3 rings (SSSR count). The van der Waals surface area contributed by atoms with Crippen molar-refractivity contribution in [2.45, 2.75) is 13.2 Å². The highest BCUT2D eigenvalue weighted by Crippen LogP contribution is 2.30. The van der Waals surface area contributed by atoms with E-state index in [9.17, 15) is 4.39 Å². The predicted molar refractivity (Wildman–Crippen MR) is 106 cm³/mol. The maximum absolute atomic E-state index is 13.9. The molecule has 0 unspecified atom stereocenters. The van der Waals surface area contributed by atoms with Gasteiger partial charge in [-0.1, -0.05) is 41.9 Å². The average Bonchev–Trinajstić information content (AvgIpc) is 2.69. The lowest BCUT2D eigenvalue weighted by Gasteiger charge is -2.14. The molecule has 0 amide bonds. The van der Waals surface area contributed by atoms with Gasteiger partial charge in [-0.05, 0) is 42.0 Å². The van der Waals surface area contributed by atoms with Gasteiger partial charge in [-0.3, -0.25) is 0 Å². The van der Waals surface area contributed by atoms with Crippen LogP contribution in [0.15, 0.2) is 66.7 Å². The van der Waals surface area contributed by atoms with Gasteiger partial charge in [-0.2, -0.15) is 0 Å². The first-order valence-electron chi connectivity index (χ1n) is 8.44. The molecule has 0 spiro atoms. The Labute approximate surface area is 162 Å². The zero-order valence-electron chi connectivity index (χ0n) is 14.8. The molecule has 27 heavy (non-hydrogen) atoms. The van der Waals surface area contributed by atoms with Crippen LogP contribution in [-0.2, 0) is 13.2 Å². The van der Waals surface area contributed by atoms with Crippen LogP contribution in [0, 0.1) is 5.82 Å². The molecule has 3 aromatic carbocycles. The Hall–Kier alpha value is -2.76. The van der Waals surface area contributed by atoms with Crippen molar-refractivity contribution < 1.29 is 13.9 Å². The minimum absolute atomic E-state index is 0.0228. The predicted octanol–water partition coefficient (Wildman–Crippen LogP) is 5.18. The molecule has 140 valence electrons. The van der Waals surface area contributed by atoms with Gasteiger partial charge in [0.25, 0.3) is 0 Å². The molecule has 0 heterocycles. The van der Waals surface area contributed by atoms with E-state index in [4.69, 9.17) is 21.1 Å². The number of halogens is 2. The minimum atomic E-state index is -0.394. The van der Waals surface area contributed by atoms with E-state index < -0.39 is 5.82 Å².